The van der Waals surface area contributed by atoms with Crippen LogP contribution in [0.2, 0.25) is 5.02 Å². The summed E-state index contributed by atoms with van der Waals surface area (Å²) in [5, 5.41) is 8.69. The Morgan fingerprint density at radius 3 is 2.42 bits per heavy atom. The first kappa shape index (κ1) is 27.4. The van der Waals surface area contributed by atoms with E-state index in [2.05, 4.69) is 4.90 Å². The maximum absolute atomic E-state index is 13.2. The van der Waals surface area contributed by atoms with Gasteiger partial charge in [-0.05, 0) is 49.7 Å². The number of carbonyl (C=O) groups excluding carboxylic acids is 2. The highest BCUT2D eigenvalue weighted by molar-refractivity contribution is 7.90. The summed E-state index contributed by atoms with van der Waals surface area (Å²) in [5.74, 6) is -4.70. The molecule has 13 heteroatoms. The number of aliphatic carboxylic acids is 1. The van der Waals surface area contributed by atoms with Crippen molar-refractivity contribution in [3.8, 4) is 5.75 Å². The van der Waals surface area contributed by atoms with Crippen LogP contribution < -0.4 is 9.46 Å². The third kappa shape index (κ3) is 6.71. The van der Waals surface area contributed by atoms with Gasteiger partial charge in [-0.3, -0.25) is 14.5 Å². The van der Waals surface area contributed by atoms with Crippen LogP contribution in [0, 0.1) is 5.82 Å². The number of rotatable bonds is 7. The minimum atomic E-state index is -4.63. The Hall–Kier alpha value is -3.22. The molecule has 1 aliphatic heterocycles. The van der Waals surface area contributed by atoms with E-state index in [4.69, 9.17) is 21.4 Å². The molecule has 1 heterocycles. The maximum atomic E-state index is 13.2. The lowest BCUT2D eigenvalue weighted by atomic mass is 10.1. The number of carbonyl (C=O) groups is 3. The molecule has 0 spiro atoms. The van der Waals surface area contributed by atoms with E-state index in [1.54, 1.807) is 17.0 Å². The molecule has 0 radical (unpaired) electrons. The Morgan fingerprint density at radius 2 is 1.78 bits per heavy atom. The van der Waals surface area contributed by atoms with Crippen LogP contribution in [-0.4, -0.2) is 72.9 Å². The molecule has 1 aliphatic rings. The van der Waals surface area contributed by atoms with Gasteiger partial charge in [-0.2, -0.15) is 0 Å². The normalized spacial score (nSPS) is 18.5. The van der Waals surface area contributed by atoms with Crippen molar-refractivity contribution in [3.05, 3.63) is 58.9 Å². The largest absolute Gasteiger partial charge is 0.482 e. The van der Waals surface area contributed by atoms with Gasteiger partial charge in [0.25, 0.3) is 15.9 Å². The van der Waals surface area contributed by atoms with Crippen LogP contribution in [0.1, 0.15) is 19.4 Å². The average molecular weight is 542 g/mol. The van der Waals surface area contributed by atoms with Gasteiger partial charge in [-0.15, -0.1) is 0 Å². The Kier molecular flexibility index (Phi) is 8.54. The van der Waals surface area contributed by atoms with E-state index in [0.717, 1.165) is 11.6 Å². The van der Waals surface area contributed by atoms with Crippen LogP contribution in [0.15, 0.2) is 47.4 Å². The molecule has 0 saturated carbocycles. The number of piperazine rings is 1. The number of nitrogens with zero attached hydrogens (tertiary/aromatic N) is 2. The third-order valence-corrected chi connectivity index (χ3v) is 7.29. The Balaban J connectivity index is 1.67. The molecule has 2 atom stereocenters. The quantitative estimate of drug-likeness (QED) is 0.508. The van der Waals surface area contributed by atoms with Gasteiger partial charge in [0.15, 0.2) is 6.61 Å². The van der Waals surface area contributed by atoms with Gasteiger partial charge in [0, 0.05) is 36.7 Å². The summed E-state index contributed by atoms with van der Waals surface area (Å²) in [7, 11) is -4.63. The molecule has 1 fully saturated rings. The third-order valence-electron chi connectivity index (χ3n) is 5.70. The Labute approximate surface area is 212 Å². The van der Waals surface area contributed by atoms with Gasteiger partial charge in [0.1, 0.15) is 16.5 Å². The van der Waals surface area contributed by atoms with E-state index >= 15 is 0 Å². The van der Waals surface area contributed by atoms with Crippen molar-refractivity contribution in [1.82, 2.24) is 14.5 Å². The highest BCUT2D eigenvalue weighted by Gasteiger charge is 2.32. The lowest BCUT2D eigenvalue weighted by Crippen LogP contribution is -2.58. The van der Waals surface area contributed by atoms with Crippen LogP contribution in [0.5, 0.6) is 5.75 Å². The number of amides is 2. The Morgan fingerprint density at radius 1 is 1.11 bits per heavy atom. The van der Waals surface area contributed by atoms with Crippen molar-refractivity contribution in [2.24, 2.45) is 0 Å². The van der Waals surface area contributed by atoms with Gasteiger partial charge < -0.3 is 14.7 Å². The van der Waals surface area contributed by atoms with Crippen molar-refractivity contribution in [3.63, 3.8) is 0 Å². The average Bonchev–Trinajstić information content (AvgIpc) is 2.81. The smallest absolute Gasteiger partial charge is 0.395 e. The van der Waals surface area contributed by atoms with E-state index in [0.29, 0.717) is 19.6 Å². The summed E-state index contributed by atoms with van der Waals surface area (Å²) in [6.07, 6.45) is 0. The molecular formula is C23H25ClFN3O7S. The fourth-order valence-electron chi connectivity index (χ4n) is 3.84. The Bertz CT molecular complexity index is 1260. The molecule has 36 heavy (non-hydrogen) atoms. The predicted molar refractivity (Wildman–Crippen MR) is 127 cm³/mol. The number of hydrogen-bond donors (Lipinski definition) is 2. The van der Waals surface area contributed by atoms with Crippen molar-refractivity contribution in [2.75, 3.05) is 19.7 Å². The summed E-state index contributed by atoms with van der Waals surface area (Å²) in [5.41, 5.74) is 0.949. The summed E-state index contributed by atoms with van der Waals surface area (Å²) in [4.78, 5) is 38.3. The second-order valence-electron chi connectivity index (χ2n) is 8.42. The van der Waals surface area contributed by atoms with Crippen molar-refractivity contribution in [2.45, 2.75) is 37.4 Å². The molecule has 2 aromatic carbocycles. The standard InChI is InChI=1S/C23H25ClFN3O7S/c1-14-11-28(15(2)10-27(14)12-16-3-6-18(25)7-4-16)21(29)13-35-19-8-5-17(24)9-20(19)36(33,34)26-22(30)23(31)32/h3-9,14-15H,10-13H2,1-2H3,(H,26,30)(H,31,32)/t14-,15+/m0/s1. The summed E-state index contributed by atoms with van der Waals surface area (Å²) < 4.78 is 45.1. The zero-order chi connectivity index (χ0) is 26.6. The minimum absolute atomic E-state index is 0.00320. The first-order valence-corrected chi connectivity index (χ1v) is 12.7. The molecule has 2 aromatic rings. The summed E-state index contributed by atoms with van der Waals surface area (Å²) >= 11 is 5.87. The number of sulfonamides is 1. The number of hydrogen-bond acceptors (Lipinski definition) is 7. The van der Waals surface area contributed by atoms with Crippen LogP contribution >= 0.6 is 11.6 Å². The molecule has 2 amide bonds. The van der Waals surface area contributed by atoms with Crippen LogP contribution in [0.3, 0.4) is 0 Å². The zero-order valence-corrected chi connectivity index (χ0v) is 21.1. The highest BCUT2D eigenvalue weighted by Crippen LogP contribution is 2.28. The lowest BCUT2D eigenvalue weighted by molar-refractivity contribution is -0.149. The predicted octanol–water partition coefficient (Wildman–Crippen LogP) is 1.87. The summed E-state index contributed by atoms with van der Waals surface area (Å²) in [6.45, 7) is 4.90. The van der Waals surface area contributed by atoms with Gasteiger partial charge in [-0.1, -0.05) is 23.7 Å². The molecule has 10 nitrogen and oxygen atoms in total. The number of carboxylic acids is 1. The second-order valence-corrected chi connectivity index (χ2v) is 10.5. The first-order chi connectivity index (χ1) is 16.9. The first-order valence-electron chi connectivity index (χ1n) is 10.9. The fourth-order valence-corrected chi connectivity index (χ4v) is 5.20. The topological polar surface area (TPSA) is 133 Å². The van der Waals surface area contributed by atoms with Gasteiger partial charge in [0.05, 0.1) is 0 Å². The van der Waals surface area contributed by atoms with Crippen LogP contribution in [-0.2, 0) is 31.0 Å². The van der Waals surface area contributed by atoms with Gasteiger partial charge in [0.2, 0.25) is 0 Å². The molecular weight excluding hydrogens is 517 g/mol. The molecule has 3 rings (SSSR count). The number of benzene rings is 2. The second kappa shape index (κ2) is 11.2. The molecule has 2 N–H and O–H groups in total. The molecule has 0 aliphatic carbocycles. The maximum Gasteiger partial charge on any atom is 0.395 e. The number of ether oxygens (including phenoxy) is 1. The van der Waals surface area contributed by atoms with Crippen molar-refractivity contribution < 1.29 is 37.0 Å². The van der Waals surface area contributed by atoms with E-state index in [-0.39, 0.29) is 34.6 Å². The van der Waals surface area contributed by atoms with Crippen molar-refractivity contribution >= 4 is 39.4 Å². The molecule has 0 bridgehead atoms. The van der Waals surface area contributed by atoms with Crippen LogP contribution in [0.25, 0.3) is 0 Å². The minimum Gasteiger partial charge on any atom is -0.482 e. The highest BCUT2D eigenvalue weighted by atomic mass is 35.5. The SMILES string of the molecule is C[C@@H]1CN(Cc2ccc(F)cc2)[C@@H](C)CN1C(=O)COc1ccc(Cl)cc1S(=O)(=O)NC(=O)C(=O)O. The van der Waals surface area contributed by atoms with E-state index in [1.165, 1.54) is 29.0 Å². The zero-order valence-electron chi connectivity index (χ0n) is 19.5. The number of carboxylic acid groups (broad SMARTS) is 1. The summed E-state index contributed by atoms with van der Waals surface area (Å²) in [6, 6.07) is 9.58. The van der Waals surface area contributed by atoms with E-state index in [1.807, 2.05) is 13.8 Å². The van der Waals surface area contributed by atoms with Crippen molar-refractivity contribution in [1.29, 1.82) is 0 Å². The lowest BCUT2D eigenvalue weighted by Gasteiger charge is -2.44. The number of nitrogens with one attached hydrogen (secondary N) is 1. The fraction of sp³-hybridized carbons (Fsp3) is 0.348. The van der Waals surface area contributed by atoms with Gasteiger partial charge >= 0.3 is 11.9 Å². The van der Waals surface area contributed by atoms with E-state index < -0.39 is 33.4 Å². The molecule has 194 valence electrons. The molecule has 0 aromatic heterocycles. The number of halogens is 2. The molecule has 0 unspecified atom stereocenters. The molecule has 1 saturated heterocycles. The van der Waals surface area contributed by atoms with E-state index in [9.17, 15) is 27.2 Å². The van der Waals surface area contributed by atoms with Crippen LogP contribution in [0.4, 0.5) is 4.39 Å². The monoisotopic (exact) mass is 541 g/mol. The van der Waals surface area contributed by atoms with Gasteiger partial charge in [-0.25, -0.2) is 22.3 Å².